The highest BCUT2D eigenvalue weighted by molar-refractivity contribution is 7.99. The van der Waals surface area contributed by atoms with Gasteiger partial charge in [0.2, 0.25) is 0 Å². The fourth-order valence-electron chi connectivity index (χ4n) is 1.06. The van der Waals surface area contributed by atoms with Gasteiger partial charge in [0, 0.05) is 17.2 Å². The highest BCUT2D eigenvalue weighted by atomic mass is 32.2. The summed E-state index contributed by atoms with van der Waals surface area (Å²) in [6.45, 7) is 4.52. The van der Waals surface area contributed by atoms with Crippen molar-refractivity contribution in [1.29, 1.82) is 0 Å². The summed E-state index contributed by atoms with van der Waals surface area (Å²) < 4.78 is 0. The fourth-order valence-corrected chi connectivity index (χ4v) is 2.01. The summed E-state index contributed by atoms with van der Waals surface area (Å²) in [6, 6.07) is 6.33. The average Bonchev–Trinajstić information content (AvgIpc) is 2.19. The summed E-state index contributed by atoms with van der Waals surface area (Å²) >= 11 is 1.65. The molecule has 2 nitrogen and oxygen atoms in total. The maximum Gasteiger partial charge on any atom is 0.0756 e. The van der Waals surface area contributed by atoms with Crippen LogP contribution in [-0.4, -0.2) is 23.5 Å². The van der Waals surface area contributed by atoms with Gasteiger partial charge in [0.1, 0.15) is 0 Å². The Hall–Kier alpha value is -0.510. The largest absolute Gasteiger partial charge is 0.391 e. The molecule has 1 atom stereocenters. The predicted molar refractivity (Wildman–Crippen MR) is 61.7 cm³/mol. The van der Waals surface area contributed by atoms with Crippen molar-refractivity contribution in [3.63, 3.8) is 0 Å². The van der Waals surface area contributed by atoms with Crippen molar-refractivity contribution < 1.29 is 5.11 Å². The summed E-state index contributed by atoms with van der Waals surface area (Å²) in [5, 5.41) is 9.30. The van der Waals surface area contributed by atoms with Crippen LogP contribution in [0.3, 0.4) is 0 Å². The van der Waals surface area contributed by atoms with Gasteiger partial charge in [-0.15, -0.1) is 11.8 Å². The maximum absolute atomic E-state index is 9.30. The lowest BCUT2D eigenvalue weighted by Gasteiger charge is -2.08. The quantitative estimate of drug-likeness (QED) is 0.745. The summed E-state index contributed by atoms with van der Waals surface area (Å²) in [6.07, 6.45) is -0.401. The van der Waals surface area contributed by atoms with Crippen LogP contribution < -0.4 is 5.73 Å². The first-order valence-electron chi connectivity index (χ1n) is 4.71. The topological polar surface area (TPSA) is 46.2 Å². The first-order valence-corrected chi connectivity index (χ1v) is 5.70. The molecule has 0 aliphatic rings. The van der Waals surface area contributed by atoms with Gasteiger partial charge in [0.25, 0.3) is 0 Å². The van der Waals surface area contributed by atoms with Crippen molar-refractivity contribution in [2.24, 2.45) is 5.73 Å². The minimum absolute atomic E-state index is 0.331. The van der Waals surface area contributed by atoms with Gasteiger partial charge in [-0.3, -0.25) is 0 Å². The Morgan fingerprint density at radius 3 is 2.64 bits per heavy atom. The first-order chi connectivity index (χ1) is 6.63. The van der Waals surface area contributed by atoms with Gasteiger partial charge in [-0.25, -0.2) is 0 Å². The first kappa shape index (κ1) is 11.6. The monoisotopic (exact) mass is 211 g/mol. The van der Waals surface area contributed by atoms with E-state index < -0.39 is 6.10 Å². The smallest absolute Gasteiger partial charge is 0.0756 e. The zero-order valence-corrected chi connectivity index (χ0v) is 9.47. The fraction of sp³-hybridized carbons (Fsp3) is 0.455. The van der Waals surface area contributed by atoms with Crippen molar-refractivity contribution in [3.8, 4) is 0 Å². The van der Waals surface area contributed by atoms with Gasteiger partial charge in [0.15, 0.2) is 0 Å². The molecule has 0 aliphatic carbocycles. The number of hydrogen-bond donors (Lipinski definition) is 2. The van der Waals surface area contributed by atoms with Gasteiger partial charge < -0.3 is 10.8 Å². The van der Waals surface area contributed by atoms with Crippen LogP contribution >= 0.6 is 11.8 Å². The molecule has 0 saturated heterocycles. The Morgan fingerprint density at radius 2 is 2.07 bits per heavy atom. The molecular formula is C11H17NOS. The van der Waals surface area contributed by atoms with E-state index in [-0.39, 0.29) is 0 Å². The predicted octanol–water partition coefficient (Wildman–Crippen LogP) is 1.72. The van der Waals surface area contributed by atoms with Crippen LogP contribution in [0.2, 0.25) is 0 Å². The van der Waals surface area contributed by atoms with Crippen LogP contribution in [0, 0.1) is 13.8 Å². The number of nitrogens with two attached hydrogens (primary N) is 1. The van der Waals surface area contributed by atoms with Crippen LogP contribution in [0.4, 0.5) is 0 Å². The van der Waals surface area contributed by atoms with Crippen molar-refractivity contribution in [2.75, 3.05) is 12.3 Å². The Bertz CT molecular complexity index is 301. The summed E-state index contributed by atoms with van der Waals surface area (Å²) in [7, 11) is 0. The molecule has 1 aromatic rings. The Balaban J connectivity index is 2.55. The molecule has 78 valence electrons. The SMILES string of the molecule is Cc1ccc(SCC(O)CN)cc1C. The van der Waals surface area contributed by atoms with E-state index in [1.807, 2.05) is 0 Å². The number of benzene rings is 1. The molecule has 0 amide bonds. The van der Waals surface area contributed by atoms with Crippen LogP contribution in [0.1, 0.15) is 11.1 Å². The molecule has 1 rings (SSSR count). The molecular weight excluding hydrogens is 194 g/mol. The van der Waals surface area contributed by atoms with Crippen molar-refractivity contribution in [2.45, 2.75) is 24.8 Å². The number of hydrogen-bond acceptors (Lipinski definition) is 3. The van der Waals surface area contributed by atoms with E-state index in [9.17, 15) is 5.11 Å². The molecule has 0 radical (unpaired) electrons. The second-order valence-corrected chi connectivity index (χ2v) is 4.54. The molecule has 1 aromatic carbocycles. The van der Waals surface area contributed by atoms with E-state index in [2.05, 4.69) is 32.0 Å². The molecule has 14 heavy (non-hydrogen) atoms. The third-order valence-corrected chi connectivity index (χ3v) is 3.33. The lowest BCUT2D eigenvalue weighted by atomic mass is 10.1. The summed E-state index contributed by atoms with van der Waals surface area (Å²) in [5.74, 6) is 0.666. The molecule has 0 heterocycles. The van der Waals surface area contributed by atoms with Gasteiger partial charge in [-0.1, -0.05) is 6.07 Å². The molecule has 0 aliphatic heterocycles. The molecule has 0 saturated carbocycles. The van der Waals surface area contributed by atoms with Gasteiger partial charge in [-0.2, -0.15) is 0 Å². The summed E-state index contributed by atoms with van der Waals surface area (Å²) in [4.78, 5) is 1.20. The van der Waals surface area contributed by atoms with Gasteiger partial charge >= 0.3 is 0 Å². The van der Waals surface area contributed by atoms with E-state index in [4.69, 9.17) is 5.73 Å². The lowest BCUT2D eigenvalue weighted by molar-refractivity contribution is 0.208. The minimum atomic E-state index is -0.401. The molecule has 0 bridgehead atoms. The molecule has 0 aromatic heterocycles. The summed E-state index contributed by atoms with van der Waals surface area (Å²) in [5.41, 5.74) is 7.92. The third kappa shape index (κ3) is 3.33. The average molecular weight is 211 g/mol. The third-order valence-electron chi connectivity index (χ3n) is 2.19. The van der Waals surface area contributed by atoms with E-state index in [0.717, 1.165) is 0 Å². The minimum Gasteiger partial charge on any atom is -0.391 e. The normalized spacial score (nSPS) is 12.9. The molecule has 1 unspecified atom stereocenters. The van der Waals surface area contributed by atoms with E-state index in [1.54, 1.807) is 11.8 Å². The van der Waals surface area contributed by atoms with Crippen LogP contribution in [0.15, 0.2) is 23.1 Å². The molecule has 3 N–H and O–H groups in total. The van der Waals surface area contributed by atoms with Crippen LogP contribution in [-0.2, 0) is 0 Å². The number of aryl methyl sites for hydroxylation is 2. The van der Waals surface area contributed by atoms with Crippen molar-refractivity contribution in [3.05, 3.63) is 29.3 Å². The Morgan fingerprint density at radius 1 is 1.36 bits per heavy atom. The van der Waals surface area contributed by atoms with Crippen molar-refractivity contribution >= 4 is 11.8 Å². The van der Waals surface area contributed by atoms with Gasteiger partial charge in [0.05, 0.1) is 6.10 Å². The molecule has 0 spiro atoms. The standard InChI is InChI=1S/C11H17NOS/c1-8-3-4-11(5-9(8)2)14-7-10(13)6-12/h3-5,10,13H,6-7,12H2,1-2H3. The van der Waals surface area contributed by atoms with Crippen LogP contribution in [0.5, 0.6) is 0 Å². The van der Waals surface area contributed by atoms with Gasteiger partial charge in [-0.05, 0) is 37.1 Å². The van der Waals surface area contributed by atoms with Crippen molar-refractivity contribution in [1.82, 2.24) is 0 Å². The number of rotatable bonds is 4. The zero-order valence-electron chi connectivity index (χ0n) is 8.66. The van der Waals surface area contributed by atoms with E-state index >= 15 is 0 Å². The highest BCUT2D eigenvalue weighted by Crippen LogP contribution is 2.21. The number of aliphatic hydroxyl groups is 1. The van der Waals surface area contributed by atoms with E-state index in [1.165, 1.54) is 16.0 Å². The number of aliphatic hydroxyl groups excluding tert-OH is 1. The lowest BCUT2D eigenvalue weighted by Crippen LogP contribution is -2.21. The van der Waals surface area contributed by atoms with E-state index in [0.29, 0.717) is 12.3 Å². The maximum atomic E-state index is 9.30. The molecule has 0 fully saturated rings. The Kier molecular flexibility index (Phi) is 4.45. The zero-order chi connectivity index (χ0) is 10.6. The second kappa shape index (κ2) is 5.39. The number of thioether (sulfide) groups is 1. The highest BCUT2D eigenvalue weighted by Gasteiger charge is 2.02. The molecule has 3 heteroatoms. The Labute approximate surface area is 89.5 Å². The second-order valence-electron chi connectivity index (χ2n) is 3.45. The van der Waals surface area contributed by atoms with Crippen LogP contribution in [0.25, 0.3) is 0 Å².